The molecule has 0 aromatic heterocycles. The minimum absolute atomic E-state index is 0.177. The Kier molecular flexibility index (Phi) is 12.3. The molecule has 0 bridgehead atoms. The number of carboxylic acids is 1. The highest BCUT2D eigenvalue weighted by atomic mass is 35.5. The van der Waals surface area contributed by atoms with E-state index in [4.69, 9.17) is 32.7 Å². The molecule has 0 radical (unpaired) electrons. The molecule has 0 aliphatic carbocycles. The molecule has 0 saturated carbocycles. The summed E-state index contributed by atoms with van der Waals surface area (Å²) >= 11 is 12.2. The first kappa shape index (κ1) is 43.0. The van der Waals surface area contributed by atoms with Gasteiger partial charge in [0.05, 0.1) is 33.4 Å². The standard InChI is InChI=1S/C51H44Cl2N4O6/c1-4-43(35-8-6-5-7-9-35)57-29-38-27-46-44(56(3)49(59)47(63-46)36-17-21-40(22-18-36)62-30-32-12-23-41(52)42(53)24-32)25-37(38)26-45(57)48(58)55-51(2,50(60)61)39-19-15-34(16-20-39)33-13-10-31(28-54)11-14-33/h5-25,27,43,45,47H,4,26,29-30H2,1-3H3,(H,55,58)(H,60,61)/t43-,45+,47-,51?/m1/s1. The molecule has 10 nitrogen and oxygen atoms in total. The van der Waals surface area contributed by atoms with Gasteiger partial charge in [0.2, 0.25) is 12.0 Å². The van der Waals surface area contributed by atoms with Crippen molar-refractivity contribution in [3.8, 4) is 28.7 Å². The van der Waals surface area contributed by atoms with Crippen LogP contribution in [0.1, 0.15) is 71.4 Å². The molecule has 2 amide bonds. The first-order valence-corrected chi connectivity index (χ1v) is 21.4. The molecule has 2 heterocycles. The summed E-state index contributed by atoms with van der Waals surface area (Å²) in [6.07, 6.45) is 0.0482. The number of nitrogens with zero attached hydrogens (tertiary/aromatic N) is 3. The van der Waals surface area contributed by atoms with E-state index in [-0.39, 0.29) is 25.0 Å². The number of hydrogen-bond acceptors (Lipinski definition) is 7. The Hall–Kier alpha value is -6.64. The molecule has 0 fully saturated rings. The molecule has 6 aromatic carbocycles. The van der Waals surface area contributed by atoms with Gasteiger partial charge in [-0.3, -0.25) is 14.5 Å². The summed E-state index contributed by atoms with van der Waals surface area (Å²) in [5.41, 5.74) is 5.84. The van der Waals surface area contributed by atoms with Gasteiger partial charge in [-0.1, -0.05) is 115 Å². The van der Waals surface area contributed by atoms with E-state index in [1.54, 1.807) is 60.5 Å². The Morgan fingerprint density at radius 2 is 1.59 bits per heavy atom. The lowest BCUT2D eigenvalue weighted by Gasteiger charge is -2.43. The van der Waals surface area contributed by atoms with E-state index in [9.17, 15) is 24.8 Å². The molecule has 63 heavy (non-hydrogen) atoms. The largest absolute Gasteiger partial charge is 0.489 e. The van der Waals surface area contributed by atoms with Crippen molar-refractivity contribution in [3.63, 3.8) is 0 Å². The lowest BCUT2D eigenvalue weighted by molar-refractivity contribution is -0.148. The number of benzene rings is 6. The van der Waals surface area contributed by atoms with Crippen LogP contribution in [0.25, 0.3) is 11.1 Å². The van der Waals surface area contributed by atoms with Gasteiger partial charge in [0.25, 0.3) is 5.91 Å². The van der Waals surface area contributed by atoms with Gasteiger partial charge in [-0.15, -0.1) is 0 Å². The third-order valence-corrected chi connectivity index (χ3v) is 12.8. The summed E-state index contributed by atoms with van der Waals surface area (Å²) in [6.45, 7) is 4.23. The molecule has 2 N–H and O–H groups in total. The van der Waals surface area contributed by atoms with Crippen molar-refractivity contribution in [1.82, 2.24) is 10.2 Å². The smallest absolute Gasteiger partial charge is 0.333 e. The Bertz CT molecular complexity index is 2720. The van der Waals surface area contributed by atoms with Crippen molar-refractivity contribution in [1.29, 1.82) is 5.26 Å². The molecule has 0 saturated heterocycles. The topological polar surface area (TPSA) is 132 Å². The van der Waals surface area contributed by atoms with E-state index in [1.165, 1.54) is 6.92 Å². The van der Waals surface area contributed by atoms with Gasteiger partial charge >= 0.3 is 5.97 Å². The lowest BCUT2D eigenvalue weighted by Crippen LogP contribution is -2.58. The summed E-state index contributed by atoms with van der Waals surface area (Å²) in [5.74, 6) is -0.736. The molecule has 0 spiro atoms. The van der Waals surface area contributed by atoms with Crippen molar-refractivity contribution in [2.45, 2.75) is 63.6 Å². The number of carbonyl (C=O) groups excluding carboxylic acids is 2. The van der Waals surface area contributed by atoms with E-state index < -0.39 is 29.6 Å². The normalized spacial score (nSPS) is 17.3. The Balaban J connectivity index is 1.06. The molecule has 8 rings (SSSR count). The number of halogens is 2. The van der Waals surface area contributed by atoms with Crippen molar-refractivity contribution >= 4 is 46.7 Å². The second-order valence-corrected chi connectivity index (χ2v) is 16.8. The summed E-state index contributed by atoms with van der Waals surface area (Å²) in [6, 6.07) is 41.8. The van der Waals surface area contributed by atoms with Crippen LogP contribution in [-0.2, 0) is 39.5 Å². The van der Waals surface area contributed by atoms with E-state index in [0.29, 0.717) is 56.9 Å². The zero-order valence-electron chi connectivity index (χ0n) is 34.8. The fraction of sp³-hybridized carbons (Fsp3) is 0.216. The number of aliphatic carboxylic acids is 1. The quantitative estimate of drug-likeness (QED) is 0.124. The monoisotopic (exact) mass is 878 g/mol. The molecular weight excluding hydrogens is 835 g/mol. The van der Waals surface area contributed by atoms with Crippen molar-refractivity contribution < 1.29 is 29.0 Å². The van der Waals surface area contributed by atoms with E-state index in [2.05, 4.69) is 23.2 Å². The van der Waals surface area contributed by atoms with Crippen LogP contribution >= 0.6 is 23.2 Å². The fourth-order valence-corrected chi connectivity index (χ4v) is 8.74. The minimum atomic E-state index is -1.76. The molecule has 2 aliphatic heterocycles. The van der Waals surface area contributed by atoms with Gasteiger partial charge in [-0.2, -0.15) is 5.26 Å². The maximum Gasteiger partial charge on any atom is 0.333 e. The highest BCUT2D eigenvalue weighted by molar-refractivity contribution is 6.42. The number of nitriles is 1. The van der Waals surface area contributed by atoms with Crippen LogP contribution in [0, 0.1) is 11.3 Å². The van der Waals surface area contributed by atoms with Crippen LogP contribution in [0.15, 0.2) is 133 Å². The van der Waals surface area contributed by atoms with Crippen LogP contribution in [0.3, 0.4) is 0 Å². The predicted molar refractivity (Wildman–Crippen MR) is 243 cm³/mol. The highest BCUT2D eigenvalue weighted by Crippen LogP contribution is 2.44. The third kappa shape index (κ3) is 8.73. The van der Waals surface area contributed by atoms with Crippen LogP contribution < -0.4 is 19.7 Å². The maximum absolute atomic E-state index is 14.7. The zero-order valence-corrected chi connectivity index (χ0v) is 36.4. The Morgan fingerprint density at radius 3 is 2.22 bits per heavy atom. The second-order valence-electron chi connectivity index (χ2n) is 16.0. The second kappa shape index (κ2) is 18.0. The number of amides is 2. The van der Waals surface area contributed by atoms with Crippen LogP contribution in [0.2, 0.25) is 10.0 Å². The average molecular weight is 880 g/mol. The zero-order chi connectivity index (χ0) is 44.4. The van der Waals surface area contributed by atoms with Crippen LogP contribution in [0.5, 0.6) is 11.5 Å². The summed E-state index contributed by atoms with van der Waals surface area (Å²) in [4.78, 5) is 45.5. The first-order valence-electron chi connectivity index (χ1n) is 20.6. The van der Waals surface area contributed by atoms with Crippen LogP contribution in [0.4, 0.5) is 5.69 Å². The number of anilines is 1. The Labute approximate surface area is 376 Å². The molecule has 318 valence electrons. The lowest BCUT2D eigenvalue weighted by atomic mass is 9.86. The number of nitrogens with one attached hydrogen (secondary N) is 1. The SMILES string of the molecule is CC[C@H](c1ccccc1)N1Cc2cc3c(cc2C[C@H]1C(=O)NC(C)(C(=O)O)c1ccc(-c2ccc(C#N)cc2)cc1)N(C)C(=O)[C@@H](c1ccc(OCc2ccc(Cl)c(Cl)c2)cc1)O3. The molecule has 2 aliphatic rings. The summed E-state index contributed by atoms with van der Waals surface area (Å²) < 4.78 is 12.5. The van der Waals surface area contributed by atoms with E-state index >= 15 is 0 Å². The van der Waals surface area contributed by atoms with E-state index in [1.807, 2.05) is 84.9 Å². The third-order valence-electron chi connectivity index (χ3n) is 12.1. The minimum Gasteiger partial charge on any atom is -0.489 e. The predicted octanol–water partition coefficient (Wildman–Crippen LogP) is 10.2. The Morgan fingerprint density at radius 1 is 0.905 bits per heavy atom. The van der Waals surface area contributed by atoms with Gasteiger partial charge in [0.1, 0.15) is 18.1 Å². The number of carbonyl (C=O) groups is 3. The number of fused-ring (bicyclic) bond motifs is 2. The molecule has 1 unspecified atom stereocenters. The van der Waals surface area contributed by atoms with Crippen LogP contribution in [-0.4, -0.2) is 40.9 Å². The van der Waals surface area contributed by atoms with Crippen molar-refractivity contribution in [3.05, 3.63) is 182 Å². The van der Waals surface area contributed by atoms with Gasteiger partial charge in [0.15, 0.2) is 5.54 Å². The van der Waals surface area contributed by atoms with Gasteiger partial charge in [-0.25, -0.2) is 4.79 Å². The first-order chi connectivity index (χ1) is 30.4. The van der Waals surface area contributed by atoms with Gasteiger partial charge in [0, 0.05) is 25.2 Å². The van der Waals surface area contributed by atoms with E-state index in [0.717, 1.165) is 33.4 Å². The summed E-state index contributed by atoms with van der Waals surface area (Å²) in [5, 5.41) is 23.8. The number of ether oxygens (including phenoxy) is 2. The molecular formula is C51H44Cl2N4O6. The number of carboxylic acid groups (broad SMARTS) is 1. The molecule has 6 aromatic rings. The average Bonchev–Trinajstić information content (AvgIpc) is 3.30. The highest BCUT2D eigenvalue weighted by Gasteiger charge is 2.43. The molecule has 12 heteroatoms. The number of rotatable bonds is 12. The number of likely N-dealkylation sites (N-methyl/N-ethyl adjacent to an activating group) is 1. The van der Waals surface area contributed by atoms with Crippen molar-refractivity contribution in [2.24, 2.45) is 0 Å². The van der Waals surface area contributed by atoms with Gasteiger partial charge in [-0.05, 0) is 107 Å². The number of hydrogen-bond donors (Lipinski definition) is 2. The molecule has 4 atom stereocenters. The fourth-order valence-electron chi connectivity index (χ4n) is 8.42. The maximum atomic E-state index is 14.7. The summed E-state index contributed by atoms with van der Waals surface area (Å²) in [7, 11) is 1.71. The van der Waals surface area contributed by atoms with Gasteiger partial charge < -0.3 is 24.8 Å². The van der Waals surface area contributed by atoms with Crippen molar-refractivity contribution in [2.75, 3.05) is 11.9 Å².